The van der Waals surface area contributed by atoms with Crippen LogP contribution >= 0.6 is 9.90 Å². The lowest BCUT2D eigenvalue weighted by atomic mass is 10.0. The van der Waals surface area contributed by atoms with Crippen LogP contribution in [0.25, 0.3) is 10.8 Å². The maximum absolute atomic E-state index is 2.20. The van der Waals surface area contributed by atoms with E-state index in [0.717, 1.165) is 6.42 Å². The molecule has 0 saturated carbocycles. The molecule has 0 saturated heterocycles. The van der Waals surface area contributed by atoms with Gasteiger partial charge in [-0.15, -0.1) is 0 Å². The van der Waals surface area contributed by atoms with E-state index in [1.807, 2.05) is 0 Å². The summed E-state index contributed by atoms with van der Waals surface area (Å²) in [6.45, 7) is 2.20. The van der Waals surface area contributed by atoms with Gasteiger partial charge in [0.25, 0.3) is 0 Å². The third-order valence-corrected chi connectivity index (χ3v) is 2.26. The van der Waals surface area contributed by atoms with E-state index >= 15 is 0 Å². The molecule has 0 spiro atoms. The summed E-state index contributed by atoms with van der Waals surface area (Å²) in [5.41, 5.74) is 1.44. The van der Waals surface area contributed by atoms with Crippen LogP contribution in [0, 0.1) is 0 Å². The predicted octanol–water partition coefficient (Wildman–Crippen LogP) is 3.46. The Hall–Kier alpha value is -0.870. The average Bonchev–Trinajstić information content (AvgIpc) is 2.17. The Morgan fingerprint density at radius 1 is 0.923 bits per heavy atom. The lowest BCUT2D eigenvalue weighted by molar-refractivity contribution is 1.16. The van der Waals surface area contributed by atoms with Crippen molar-refractivity contribution in [3.05, 3.63) is 48.0 Å². The van der Waals surface area contributed by atoms with Crippen LogP contribution in [0.4, 0.5) is 0 Å². The minimum absolute atomic E-state index is 0. The summed E-state index contributed by atoms with van der Waals surface area (Å²) in [6.07, 6.45) is 1.11. The maximum Gasteiger partial charge on any atom is -0.0152 e. The number of rotatable bonds is 1. The van der Waals surface area contributed by atoms with Crippen LogP contribution in [-0.4, -0.2) is 0 Å². The molecule has 68 valence electrons. The minimum Gasteiger partial charge on any atom is -0.153 e. The minimum atomic E-state index is 0. The summed E-state index contributed by atoms with van der Waals surface area (Å²) < 4.78 is 0. The fraction of sp³-hybridized carbons (Fsp3) is 0.167. The number of hydrogen-bond acceptors (Lipinski definition) is 0. The summed E-state index contributed by atoms with van der Waals surface area (Å²) in [6, 6.07) is 15.0. The van der Waals surface area contributed by atoms with E-state index in [4.69, 9.17) is 0 Å². The first kappa shape index (κ1) is 10.2. The Balaban J connectivity index is 0.000000845. The van der Waals surface area contributed by atoms with Gasteiger partial charge in [-0.3, -0.25) is 0 Å². The predicted molar refractivity (Wildman–Crippen MR) is 64.4 cm³/mol. The molecule has 0 aliphatic carbocycles. The number of benzene rings is 2. The molecule has 0 aromatic heterocycles. The smallest absolute Gasteiger partial charge is 0.0152 e. The molecule has 2 aromatic rings. The van der Waals surface area contributed by atoms with Gasteiger partial charge in [0.2, 0.25) is 0 Å². The molecule has 0 aliphatic heterocycles. The summed E-state index contributed by atoms with van der Waals surface area (Å²) in [4.78, 5) is 0. The third kappa shape index (κ3) is 1.89. The lowest BCUT2D eigenvalue weighted by Crippen LogP contribution is -1.81. The van der Waals surface area contributed by atoms with Crippen LogP contribution < -0.4 is 0 Å². The van der Waals surface area contributed by atoms with Gasteiger partial charge < -0.3 is 0 Å². The summed E-state index contributed by atoms with van der Waals surface area (Å²) >= 11 is 0. The molecular formula is C12H15P. The van der Waals surface area contributed by atoms with Gasteiger partial charge in [-0.1, -0.05) is 49.4 Å². The number of fused-ring (bicyclic) bond motifs is 1. The second kappa shape index (κ2) is 4.39. The van der Waals surface area contributed by atoms with Crippen molar-refractivity contribution in [3.63, 3.8) is 0 Å². The monoisotopic (exact) mass is 190 g/mol. The van der Waals surface area contributed by atoms with E-state index in [0.29, 0.717) is 0 Å². The van der Waals surface area contributed by atoms with Gasteiger partial charge in [-0.25, -0.2) is 0 Å². The Labute approximate surface area is 82.6 Å². The van der Waals surface area contributed by atoms with Gasteiger partial charge in [-0.05, 0) is 22.8 Å². The molecular weight excluding hydrogens is 175 g/mol. The second-order valence-electron chi connectivity index (χ2n) is 2.99. The normalized spacial score (nSPS) is 9.62. The van der Waals surface area contributed by atoms with Crippen molar-refractivity contribution in [3.8, 4) is 0 Å². The molecule has 13 heavy (non-hydrogen) atoms. The summed E-state index contributed by atoms with van der Waals surface area (Å²) in [5.74, 6) is 0. The summed E-state index contributed by atoms with van der Waals surface area (Å²) in [5, 5.41) is 2.74. The molecule has 0 fully saturated rings. The zero-order valence-corrected chi connectivity index (χ0v) is 9.37. The number of hydrogen-bond donors (Lipinski definition) is 0. The van der Waals surface area contributed by atoms with Crippen molar-refractivity contribution in [2.45, 2.75) is 13.3 Å². The fourth-order valence-electron chi connectivity index (χ4n) is 1.60. The molecule has 2 aromatic carbocycles. The summed E-state index contributed by atoms with van der Waals surface area (Å²) in [7, 11) is 0. The van der Waals surface area contributed by atoms with Crippen molar-refractivity contribution in [1.29, 1.82) is 0 Å². The van der Waals surface area contributed by atoms with Crippen molar-refractivity contribution in [1.82, 2.24) is 0 Å². The van der Waals surface area contributed by atoms with Crippen molar-refractivity contribution < 1.29 is 0 Å². The first-order valence-corrected chi connectivity index (χ1v) is 4.38. The van der Waals surface area contributed by atoms with Gasteiger partial charge in [0.15, 0.2) is 0 Å². The first-order chi connectivity index (χ1) is 5.92. The molecule has 1 heteroatoms. The van der Waals surface area contributed by atoms with Crippen LogP contribution in [0.3, 0.4) is 0 Å². The molecule has 0 amide bonds. The molecule has 0 radical (unpaired) electrons. The highest BCUT2D eigenvalue weighted by Crippen LogP contribution is 2.18. The molecule has 0 heterocycles. The maximum atomic E-state index is 2.20. The molecule has 0 nitrogen and oxygen atoms in total. The highest BCUT2D eigenvalue weighted by molar-refractivity contribution is 6.92. The number of aryl methyl sites for hydroxylation is 1. The van der Waals surface area contributed by atoms with Crippen LogP contribution in [0.1, 0.15) is 12.5 Å². The second-order valence-corrected chi connectivity index (χ2v) is 2.99. The van der Waals surface area contributed by atoms with E-state index in [2.05, 4.69) is 49.4 Å². The van der Waals surface area contributed by atoms with E-state index < -0.39 is 0 Å². The molecule has 1 unspecified atom stereocenters. The zero-order chi connectivity index (χ0) is 8.39. The fourth-order valence-corrected chi connectivity index (χ4v) is 1.60. The van der Waals surface area contributed by atoms with Crippen molar-refractivity contribution in [2.24, 2.45) is 0 Å². The quantitative estimate of drug-likeness (QED) is 0.604. The average molecular weight is 190 g/mol. The van der Waals surface area contributed by atoms with E-state index in [1.54, 1.807) is 0 Å². The largest absolute Gasteiger partial charge is 0.153 e. The Kier molecular flexibility index (Phi) is 3.45. The molecule has 2 rings (SSSR count). The highest BCUT2D eigenvalue weighted by Gasteiger charge is 1.95. The topological polar surface area (TPSA) is 0 Å². The Morgan fingerprint density at radius 2 is 1.62 bits per heavy atom. The van der Waals surface area contributed by atoms with E-state index in [9.17, 15) is 0 Å². The van der Waals surface area contributed by atoms with E-state index in [1.165, 1.54) is 16.3 Å². The molecule has 0 N–H and O–H groups in total. The zero-order valence-electron chi connectivity index (χ0n) is 7.96. The van der Waals surface area contributed by atoms with Gasteiger partial charge >= 0.3 is 0 Å². The van der Waals surface area contributed by atoms with Crippen LogP contribution in [0.15, 0.2) is 42.5 Å². The SMILES string of the molecule is CCc1cccc2ccccc12.P. The standard InChI is InChI=1S/C12H12.H3P/c1-2-10-7-5-8-11-6-3-4-9-12(10)11;/h3-9H,2H2,1H3;1H3. The van der Waals surface area contributed by atoms with Crippen LogP contribution in [0.2, 0.25) is 0 Å². The van der Waals surface area contributed by atoms with Gasteiger partial charge in [0, 0.05) is 0 Å². The van der Waals surface area contributed by atoms with Crippen molar-refractivity contribution in [2.75, 3.05) is 0 Å². The molecule has 1 atom stereocenters. The van der Waals surface area contributed by atoms with E-state index in [-0.39, 0.29) is 9.90 Å². The Bertz CT molecular complexity index is 388. The van der Waals surface area contributed by atoms with Crippen LogP contribution in [-0.2, 0) is 6.42 Å². The molecule has 0 bridgehead atoms. The van der Waals surface area contributed by atoms with Crippen molar-refractivity contribution >= 4 is 20.7 Å². The Morgan fingerprint density at radius 3 is 2.38 bits per heavy atom. The first-order valence-electron chi connectivity index (χ1n) is 4.38. The van der Waals surface area contributed by atoms with Crippen LogP contribution in [0.5, 0.6) is 0 Å². The third-order valence-electron chi connectivity index (χ3n) is 2.26. The molecule has 0 aliphatic rings. The van der Waals surface area contributed by atoms with Gasteiger partial charge in [0.1, 0.15) is 0 Å². The highest BCUT2D eigenvalue weighted by atomic mass is 31.0. The lowest BCUT2D eigenvalue weighted by Gasteiger charge is -2.02. The van der Waals surface area contributed by atoms with Gasteiger partial charge in [-0.2, -0.15) is 9.90 Å². The van der Waals surface area contributed by atoms with Gasteiger partial charge in [0.05, 0.1) is 0 Å².